The van der Waals surface area contributed by atoms with E-state index in [4.69, 9.17) is 0 Å². The maximum atomic E-state index is 13.5. The molecule has 32 heavy (non-hydrogen) atoms. The third-order valence-electron chi connectivity index (χ3n) is 6.41. The molecule has 1 saturated carbocycles. The largest absolute Gasteiger partial charge is 0.493 e. The molecular formula is C24H34N2O5S. The van der Waals surface area contributed by atoms with Crippen molar-refractivity contribution in [1.29, 1.82) is 0 Å². The molecule has 1 aliphatic carbocycles. The number of hydrogen-bond donors (Lipinski definition) is 2. The van der Waals surface area contributed by atoms with Crippen LogP contribution in [0.4, 0.5) is 0 Å². The predicted molar refractivity (Wildman–Crippen MR) is 124 cm³/mol. The number of nitrogens with zero attached hydrogens (tertiary/aromatic N) is 2. The quantitative estimate of drug-likeness (QED) is 0.622. The van der Waals surface area contributed by atoms with Gasteiger partial charge in [0.15, 0.2) is 14.7 Å². The average molecular weight is 463 g/mol. The summed E-state index contributed by atoms with van der Waals surface area (Å²) in [5.74, 6) is -0.166. The van der Waals surface area contributed by atoms with E-state index in [1.54, 1.807) is 0 Å². The molecule has 0 unspecified atom stereocenters. The number of benzene rings is 1. The van der Waals surface area contributed by atoms with Crippen molar-refractivity contribution < 1.29 is 18.6 Å². The highest BCUT2D eigenvalue weighted by molar-refractivity contribution is 7.92. The van der Waals surface area contributed by atoms with E-state index in [1.165, 1.54) is 4.57 Å². The number of unbranched alkanes of at least 4 members (excludes halogenated alkanes) is 1. The van der Waals surface area contributed by atoms with Gasteiger partial charge in [-0.05, 0) is 56.1 Å². The number of sulfone groups is 1. The zero-order valence-electron chi connectivity index (χ0n) is 19.2. The SMILES string of the molecule is CCCCc1nc(=O)c(S(=O)(=O)C2CCC(O)CC2)c(O)n1-c1c(CC)cccc1CC. The summed E-state index contributed by atoms with van der Waals surface area (Å²) in [7, 11) is -4.11. The lowest BCUT2D eigenvalue weighted by molar-refractivity contribution is 0.131. The van der Waals surface area contributed by atoms with E-state index in [9.17, 15) is 23.4 Å². The summed E-state index contributed by atoms with van der Waals surface area (Å²) in [6.07, 6.45) is 4.16. The van der Waals surface area contributed by atoms with Gasteiger partial charge in [0, 0.05) is 6.42 Å². The topological polar surface area (TPSA) is 109 Å². The van der Waals surface area contributed by atoms with Gasteiger partial charge in [0.1, 0.15) is 5.82 Å². The van der Waals surface area contributed by atoms with Gasteiger partial charge in [-0.1, -0.05) is 45.4 Å². The monoisotopic (exact) mass is 462 g/mol. The number of para-hydroxylation sites is 1. The fraction of sp³-hybridized carbons (Fsp3) is 0.583. The van der Waals surface area contributed by atoms with Crippen molar-refractivity contribution in [3.8, 4) is 11.6 Å². The molecule has 1 fully saturated rings. The molecule has 1 aromatic carbocycles. The molecule has 0 atom stereocenters. The molecular weight excluding hydrogens is 428 g/mol. The first-order valence-electron chi connectivity index (χ1n) is 11.6. The van der Waals surface area contributed by atoms with Crippen LogP contribution in [0.3, 0.4) is 0 Å². The van der Waals surface area contributed by atoms with Gasteiger partial charge >= 0.3 is 0 Å². The van der Waals surface area contributed by atoms with Crippen molar-refractivity contribution in [1.82, 2.24) is 9.55 Å². The number of aromatic hydroxyl groups is 1. The van der Waals surface area contributed by atoms with Crippen LogP contribution in [0.2, 0.25) is 0 Å². The number of aliphatic hydroxyl groups is 1. The normalized spacial score (nSPS) is 19.2. The smallest absolute Gasteiger partial charge is 0.295 e. The van der Waals surface area contributed by atoms with Crippen LogP contribution in [0.15, 0.2) is 27.9 Å². The molecule has 8 heteroatoms. The second-order valence-corrected chi connectivity index (χ2v) is 10.7. The Morgan fingerprint density at radius 2 is 1.66 bits per heavy atom. The zero-order valence-corrected chi connectivity index (χ0v) is 20.0. The summed E-state index contributed by atoms with van der Waals surface area (Å²) < 4.78 is 28.4. The lowest BCUT2D eigenvalue weighted by Gasteiger charge is -2.26. The summed E-state index contributed by atoms with van der Waals surface area (Å²) >= 11 is 0. The number of aryl methyl sites for hydroxylation is 3. The minimum absolute atomic E-state index is 0.256. The van der Waals surface area contributed by atoms with Gasteiger partial charge in [0.05, 0.1) is 17.0 Å². The second-order valence-electron chi connectivity index (χ2n) is 8.53. The highest BCUT2D eigenvalue weighted by atomic mass is 32.2. The molecule has 7 nitrogen and oxygen atoms in total. The van der Waals surface area contributed by atoms with Gasteiger partial charge in [0.25, 0.3) is 5.56 Å². The van der Waals surface area contributed by atoms with Crippen LogP contribution in [0, 0.1) is 0 Å². The Kier molecular flexibility index (Phi) is 7.77. The Morgan fingerprint density at radius 1 is 1.06 bits per heavy atom. The molecule has 0 radical (unpaired) electrons. The van der Waals surface area contributed by atoms with Gasteiger partial charge in [-0.2, -0.15) is 4.98 Å². The lowest BCUT2D eigenvalue weighted by atomic mass is 9.97. The molecule has 0 aliphatic heterocycles. The molecule has 176 valence electrons. The van der Waals surface area contributed by atoms with Crippen molar-refractivity contribution in [3.63, 3.8) is 0 Å². The third kappa shape index (κ3) is 4.62. The van der Waals surface area contributed by atoms with E-state index >= 15 is 0 Å². The Bertz CT molecular complexity index is 1090. The summed E-state index contributed by atoms with van der Waals surface area (Å²) in [4.78, 5) is 16.5. The molecule has 2 aromatic rings. The van der Waals surface area contributed by atoms with E-state index < -0.39 is 37.5 Å². The second kappa shape index (κ2) is 10.2. The van der Waals surface area contributed by atoms with Crippen molar-refractivity contribution in [2.24, 2.45) is 0 Å². The van der Waals surface area contributed by atoms with Crippen LogP contribution < -0.4 is 5.56 Å². The van der Waals surface area contributed by atoms with Gasteiger partial charge in [-0.15, -0.1) is 0 Å². The molecule has 0 bridgehead atoms. The van der Waals surface area contributed by atoms with E-state index in [0.717, 1.165) is 24.0 Å². The molecule has 0 saturated heterocycles. The predicted octanol–water partition coefficient (Wildman–Crippen LogP) is 3.48. The van der Waals surface area contributed by atoms with E-state index in [1.807, 2.05) is 39.0 Å². The number of aromatic nitrogens is 2. The van der Waals surface area contributed by atoms with Crippen molar-refractivity contribution in [2.75, 3.05) is 0 Å². The summed E-state index contributed by atoms with van der Waals surface area (Å²) in [6, 6.07) is 5.85. The van der Waals surface area contributed by atoms with Gasteiger partial charge < -0.3 is 10.2 Å². The Balaban J connectivity index is 2.29. The first-order chi connectivity index (χ1) is 15.3. The minimum Gasteiger partial charge on any atom is -0.493 e. The number of aliphatic hydroxyl groups excluding tert-OH is 1. The minimum atomic E-state index is -4.11. The van der Waals surface area contributed by atoms with Crippen LogP contribution in [0.5, 0.6) is 5.88 Å². The zero-order chi connectivity index (χ0) is 23.5. The Hall–Kier alpha value is -2.19. The van der Waals surface area contributed by atoms with Gasteiger partial charge in [-0.25, -0.2) is 8.42 Å². The third-order valence-corrected chi connectivity index (χ3v) is 8.68. The Morgan fingerprint density at radius 3 is 2.19 bits per heavy atom. The van der Waals surface area contributed by atoms with E-state index in [0.29, 0.717) is 43.6 Å². The summed E-state index contributed by atoms with van der Waals surface area (Å²) in [5.41, 5.74) is 1.71. The standard InChI is InChI=1S/C24H34N2O5S/c1-4-7-11-20-25-23(28)22(32(30,31)19-14-12-18(27)13-15-19)24(29)26(20)21-16(5-2)9-8-10-17(21)6-3/h8-10,18-19,27,29H,4-7,11-15H2,1-3H3. The molecule has 1 aliphatic rings. The van der Waals surface area contributed by atoms with Crippen molar-refractivity contribution in [3.05, 3.63) is 45.5 Å². The molecule has 1 aromatic heterocycles. The molecule has 0 spiro atoms. The van der Waals surface area contributed by atoms with Crippen LogP contribution >= 0.6 is 0 Å². The first-order valence-corrected chi connectivity index (χ1v) is 13.2. The first kappa shape index (κ1) is 24.5. The maximum absolute atomic E-state index is 13.5. The highest BCUT2D eigenvalue weighted by Crippen LogP contribution is 2.34. The highest BCUT2D eigenvalue weighted by Gasteiger charge is 2.37. The van der Waals surface area contributed by atoms with Crippen LogP contribution in [-0.2, 0) is 29.1 Å². The summed E-state index contributed by atoms with van der Waals surface area (Å²) in [6.45, 7) is 6.03. The van der Waals surface area contributed by atoms with E-state index in [-0.39, 0.29) is 12.8 Å². The summed E-state index contributed by atoms with van der Waals surface area (Å²) in [5, 5.41) is 20.3. The molecule has 0 amide bonds. The Labute approximate surface area is 190 Å². The average Bonchev–Trinajstić information content (AvgIpc) is 2.77. The van der Waals surface area contributed by atoms with E-state index in [2.05, 4.69) is 4.98 Å². The number of hydrogen-bond acceptors (Lipinski definition) is 6. The fourth-order valence-corrected chi connectivity index (χ4v) is 6.41. The van der Waals surface area contributed by atoms with Crippen LogP contribution in [0.1, 0.15) is 76.2 Å². The molecule has 2 N–H and O–H groups in total. The molecule has 3 rings (SSSR count). The maximum Gasteiger partial charge on any atom is 0.295 e. The van der Waals surface area contributed by atoms with Crippen LogP contribution in [-0.4, -0.2) is 39.5 Å². The van der Waals surface area contributed by atoms with Gasteiger partial charge in [-0.3, -0.25) is 9.36 Å². The lowest BCUT2D eigenvalue weighted by Crippen LogP contribution is -2.34. The molecule has 1 heterocycles. The fourth-order valence-electron chi connectivity index (χ4n) is 4.55. The van der Waals surface area contributed by atoms with Crippen molar-refractivity contribution >= 4 is 9.84 Å². The van der Waals surface area contributed by atoms with Crippen LogP contribution in [0.25, 0.3) is 5.69 Å². The number of rotatable bonds is 8. The van der Waals surface area contributed by atoms with Gasteiger partial charge in [0.2, 0.25) is 5.88 Å². The van der Waals surface area contributed by atoms with Crippen molar-refractivity contribution in [2.45, 2.75) is 94.8 Å².